The second-order valence-electron chi connectivity index (χ2n) is 4.06. The average molecular weight is 268 g/mol. The number of unbranched alkanes of at least 4 members (excludes halogenated alkanes) is 1. The molecule has 4 nitrogen and oxygen atoms in total. The minimum absolute atomic E-state index is 0.113. The monoisotopic (exact) mass is 268 g/mol. The van der Waals surface area contributed by atoms with Crippen molar-refractivity contribution in [2.45, 2.75) is 25.7 Å². The normalized spacial score (nSPS) is 10.1. The van der Waals surface area contributed by atoms with Gasteiger partial charge in [0, 0.05) is 18.4 Å². The van der Waals surface area contributed by atoms with Gasteiger partial charge in [-0.05, 0) is 31.0 Å². The van der Waals surface area contributed by atoms with Crippen LogP contribution in [-0.4, -0.2) is 26.0 Å². The van der Waals surface area contributed by atoms with Gasteiger partial charge in [0.25, 0.3) is 0 Å². The van der Waals surface area contributed by atoms with Crippen LogP contribution in [0.15, 0.2) is 18.2 Å². The fourth-order valence-electron chi connectivity index (χ4n) is 1.64. The third-order valence-electron chi connectivity index (χ3n) is 2.74. The smallest absolute Gasteiger partial charge is 0.305 e. The number of hydrogen-bond acceptors (Lipinski definition) is 4. The summed E-state index contributed by atoms with van der Waals surface area (Å²) >= 11 is 0. The Morgan fingerprint density at radius 1 is 1.16 bits per heavy atom. The first kappa shape index (κ1) is 15.1. The Labute approximate surface area is 111 Å². The van der Waals surface area contributed by atoms with Crippen LogP contribution in [0, 0.1) is 5.82 Å². The lowest BCUT2D eigenvalue weighted by Crippen LogP contribution is -2.03. The molecule has 5 heteroatoms. The van der Waals surface area contributed by atoms with E-state index in [2.05, 4.69) is 4.74 Å². The quantitative estimate of drug-likeness (QED) is 0.433. The van der Waals surface area contributed by atoms with Crippen LogP contribution in [0.2, 0.25) is 0 Å². The molecule has 104 valence electrons. The number of benzene rings is 1. The molecule has 0 fully saturated rings. The Bertz CT molecular complexity index is 457. The van der Waals surface area contributed by atoms with Crippen molar-refractivity contribution in [1.29, 1.82) is 0 Å². The Hall–Kier alpha value is -1.91. The number of halogens is 1. The van der Waals surface area contributed by atoms with Crippen molar-refractivity contribution in [3.8, 4) is 5.75 Å². The summed E-state index contributed by atoms with van der Waals surface area (Å²) in [5, 5.41) is 0. The van der Waals surface area contributed by atoms with Crippen molar-refractivity contribution in [2.75, 3.05) is 14.2 Å². The molecule has 0 N–H and O–H groups in total. The lowest BCUT2D eigenvalue weighted by atomic mass is 10.0. The topological polar surface area (TPSA) is 52.6 Å². The summed E-state index contributed by atoms with van der Waals surface area (Å²) < 4.78 is 22.7. The fourth-order valence-corrected chi connectivity index (χ4v) is 1.64. The minimum Gasteiger partial charge on any atom is -0.494 e. The lowest BCUT2D eigenvalue weighted by molar-refractivity contribution is -0.140. The van der Waals surface area contributed by atoms with E-state index >= 15 is 0 Å². The molecule has 19 heavy (non-hydrogen) atoms. The Morgan fingerprint density at radius 2 is 1.84 bits per heavy atom. The van der Waals surface area contributed by atoms with E-state index in [4.69, 9.17) is 4.74 Å². The van der Waals surface area contributed by atoms with Gasteiger partial charge >= 0.3 is 5.97 Å². The molecule has 1 rings (SSSR count). The number of rotatable bonds is 7. The van der Waals surface area contributed by atoms with Crippen LogP contribution in [0.3, 0.4) is 0 Å². The molecular formula is C14H17FO4. The van der Waals surface area contributed by atoms with E-state index < -0.39 is 5.82 Å². The van der Waals surface area contributed by atoms with Gasteiger partial charge in [0.2, 0.25) is 0 Å². The second kappa shape index (κ2) is 7.51. The van der Waals surface area contributed by atoms with E-state index in [-0.39, 0.29) is 23.9 Å². The number of carbonyl (C=O) groups excluding carboxylic acids is 2. The molecule has 0 aliphatic rings. The maximum atomic E-state index is 13.4. The van der Waals surface area contributed by atoms with Gasteiger partial charge in [-0.2, -0.15) is 0 Å². The number of ether oxygens (including phenoxy) is 2. The molecule has 0 aromatic heterocycles. The van der Waals surface area contributed by atoms with Crippen molar-refractivity contribution < 1.29 is 23.5 Å². The molecule has 0 aliphatic heterocycles. The van der Waals surface area contributed by atoms with E-state index in [0.29, 0.717) is 24.8 Å². The molecule has 0 radical (unpaired) electrons. The zero-order valence-corrected chi connectivity index (χ0v) is 11.1. The number of Topliss-reactive ketones (excluding diaryl/α,β-unsaturated/α-hetero) is 1. The van der Waals surface area contributed by atoms with Gasteiger partial charge in [-0.1, -0.05) is 0 Å². The molecule has 0 bridgehead atoms. The van der Waals surface area contributed by atoms with E-state index in [1.165, 1.54) is 32.4 Å². The third-order valence-corrected chi connectivity index (χ3v) is 2.74. The van der Waals surface area contributed by atoms with Crippen molar-refractivity contribution in [2.24, 2.45) is 0 Å². The van der Waals surface area contributed by atoms with Crippen LogP contribution in [0.25, 0.3) is 0 Å². The van der Waals surface area contributed by atoms with Gasteiger partial charge in [-0.25, -0.2) is 4.39 Å². The zero-order valence-electron chi connectivity index (χ0n) is 11.1. The average Bonchev–Trinajstić information content (AvgIpc) is 2.42. The summed E-state index contributed by atoms with van der Waals surface area (Å²) in [6.07, 6.45) is 1.72. The maximum absolute atomic E-state index is 13.4. The number of methoxy groups -OCH3 is 2. The highest BCUT2D eigenvalue weighted by atomic mass is 19.1. The number of esters is 1. The van der Waals surface area contributed by atoms with Crippen LogP contribution in [0.5, 0.6) is 5.75 Å². The summed E-state index contributed by atoms with van der Waals surface area (Å²) in [4.78, 5) is 22.7. The first-order valence-corrected chi connectivity index (χ1v) is 6.02. The Morgan fingerprint density at radius 3 is 2.42 bits per heavy atom. The Kier molecular flexibility index (Phi) is 5.99. The van der Waals surface area contributed by atoms with Crippen LogP contribution >= 0.6 is 0 Å². The maximum Gasteiger partial charge on any atom is 0.305 e. The zero-order chi connectivity index (χ0) is 14.3. The Balaban J connectivity index is 2.45. The molecule has 0 unspecified atom stereocenters. The highest BCUT2D eigenvalue weighted by Crippen LogP contribution is 2.19. The van der Waals surface area contributed by atoms with Crippen LogP contribution in [-0.2, 0) is 9.53 Å². The summed E-state index contributed by atoms with van der Waals surface area (Å²) in [6, 6.07) is 4.13. The summed E-state index contributed by atoms with van der Waals surface area (Å²) in [5.41, 5.74) is 0.316. The van der Waals surface area contributed by atoms with Gasteiger partial charge in [0.05, 0.1) is 14.2 Å². The van der Waals surface area contributed by atoms with Crippen molar-refractivity contribution in [3.63, 3.8) is 0 Å². The van der Waals surface area contributed by atoms with Gasteiger partial charge in [0.15, 0.2) is 17.3 Å². The predicted molar refractivity (Wildman–Crippen MR) is 67.8 cm³/mol. The van der Waals surface area contributed by atoms with Crippen molar-refractivity contribution >= 4 is 11.8 Å². The fraction of sp³-hybridized carbons (Fsp3) is 0.429. The molecule has 0 amide bonds. The third kappa shape index (κ3) is 4.69. The molecule has 0 saturated heterocycles. The SMILES string of the molecule is COC(=O)CCCCC(=O)c1ccc(OC)c(F)c1. The summed E-state index contributed by atoms with van der Waals surface area (Å²) in [6.45, 7) is 0. The van der Waals surface area contributed by atoms with E-state index in [9.17, 15) is 14.0 Å². The molecule has 0 saturated carbocycles. The van der Waals surface area contributed by atoms with Gasteiger partial charge in [-0.15, -0.1) is 0 Å². The van der Waals surface area contributed by atoms with E-state index in [0.717, 1.165) is 0 Å². The number of ketones is 1. The molecule has 0 aliphatic carbocycles. The van der Waals surface area contributed by atoms with Gasteiger partial charge < -0.3 is 9.47 Å². The highest BCUT2D eigenvalue weighted by molar-refractivity contribution is 5.96. The van der Waals surface area contributed by atoms with E-state index in [1.807, 2.05) is 0 Å². The standard InChI is InChI=1S/C14H17FO4/c1-18-13-8-7-10(9-11(13)15)12(16)5-3-4-6-14(17)19-2/h7-9H,3-6H2,1-2H3. The lowest BCUT2D eigenvalue weighted by Gasteiger charge is -2.04. The van der Waals surface area contributed by atoms with Crippen LogP contribution in [0.4, 0.5) is 4.39 Å². The molecule has 1 aromatic rings. The largest absolute Gasteiger partial charge is 0.494 e. The molecule has 0 atom stereocenters. The molecule has 0 spiro atoms. The van der Waals surface area contributed by atoms with E-state index in [1.54, 1.807) is 0 Å². The van der Waals surface area contributed by atoms with Crippen LogP contribution in [0.1, 0.15) is 36.0 Å². The number of carbonyl (C=O) groups is 2. The first-order valence-electron chi connectivity index (χ1n) is 6.02. The highest BCUT2D eigenvalue weighted by Gasteiger charge is 2.10. The second-order valence-corrected chi connectivity index (χ2v) is 4.06. The van der Waals surface area contributed by atoms with Gasteiger partial charge in [-0.3, -0.25) is 9.59 Å². The van der Waals surface area contributed by atoms with Crippen LogP contribution < -0.4 is 4.74 Å². The van der Waals surface area contributed by atoms with Crippen molar-refractivity contribution in [3.05, 3.63) is 29.6 Å². The van der Waals surface area contributed by atoms with Crippen molar-refractivity contribution in [1.82, 2.24) is 0 Å². The molecule has 1 aromatic carbocycles. The van der Waals surface area contributed by atoms with Gasteiger partial charge in [0.1, 0.15) is 0 Å². The molecular weight excluding hydrogens is 251 g/mol. The first-order chi connectivity index (χ1) is 9.08. The number of hydrogen-bond donors (Lipinski definition) is 0. The summed E-state index contributed by atoms with van der Waals surface area (Å²) in [5.74, 6) is -0.875. The minimum atomic E-state index is -0.553. The molecule has 0 heterocycles. The predicted octanol–water partition coefficient (Wildman–Crippen LogP) is 2.75. The summed E-state index contributed by atoms with van der Waals surface area (Å²) in [7, 11) is 2.69.